The molecule has 1 saturated heterocycles. The fraction of sp³-hybridized carbons (Fsp3) is 0.417. The molecule has 31 heavy (non-hydrogen) atoms. The Kier molecular flexibility index (Phi) is 5.62. The summed E-state index contributed by atoms with van der Waals surface area (Å²) in [5, 5.41) is 13.0. The van der Waals surface area contributed by atoms with Crippen LogP contribution in [0.1, 0.15) is 37.8 Å². The van der Waals surface area contributed by atoms with Crippen LogP contribution in [0.15, 0.2) is 48.5 Å². The predicted octanol–water partition coefficient (Wildman–Crippen LogP) is 3.51. The van der Waals surface area contributed by atoms with Crippen molar-refractivity contribution in [2.75, 3.05) is 19.7 Å². The molecule has 0 spiro atoms. The van der Waals surface area contributed by atoms with Crippen LogP contribution in [-0.4, -0.2) is 59.6 Å². The zero-order chi connectivity index (χ0) is 22.2. The number of benzene rings is 2. The van der Waals surface area contributed by atoms with Crippen LogP contribution in [0.4, 0.5) is 9.59 Å². The highest BCUT2D eigenvalue weighted by Crippen LogP contribution is 2.44. The molecule has 7 nitrogen and oxygen atoms in total. The lowest BCUT2D eigenvalue weighted by Crippen LogP contribution is -2.43. The Morgan fingerprint density at radius 2 is 1.61 bits per heavy atom. The molecule has 0 bridgehead atoms. The van der Waals surface area contributed by atoms with Crippen molar-refractivity contribution in [3.8, 4) is 11.1 Å². The number of fused-ring (bicyclic) bond motifs is 3. The molecule has 1 heterocycles. The maximum absolute atomic E-state index is 12.5. The quantitative estimate of drug-likeness (QED) is 0.787. The highest BCUT2D eigenvalue weighted by Gasteiger charge is 2.37. The molecule has 1 fully saturated rings. The lowest BCUT2D eigenvalue weighted by Gasteiger charge is -2.24. The number of hydrogen-bond donors (Lipinski definition) is 2. The first kappa shape index (κ1) is 21.2. The summed E-state index contributed by atoms with van der Waals surface area (Å²) in [4.78, 5) is 26.1. The van der Waals surface area contributed by atoms with Crippen LogP contribution in [0.5, 0.6) is 0 Å². The summed E-state index contributed by atoms with van der Waals surface area (Å²) in [6.45, 7) is 5.80. The van der Waals surface area contributed by atoms with Gasteiger partial charge in [-0.3, -0.25) is 0 Å². The number of carbonyl (C=O) groups excluding carboxylic acids is 2. The van der Waals surface area contributed by atoms with E-state index >= 15 is 0 Å². The van der Waals surface area contributed by atoms with Crippen LogP contribution >= 0.6 is 0 Å². The van der Waals surface area contributed by atoms with Gasteiger partial charge in [0.15, 0.2) is 0 Å². The highest BCUT2D eigenvalue weighted by molar-refractivity contribution is 5.79. The van der Waals surface area contributed by atoms with E-state index in [0.29, 0.717) is 0 Å². The molecule has 2 amide bonds. The van der Waals surface area contributed by atoms with Crippen LogP contribution < -0.4 is 5.32 Å². The highest BCUT2D eigenvalue weighted by atomic mass is 16.6. The number of carbonyl (C=O) groups is 2. The van der Waals surface area contributed by atoms with E-state index in [1.807, 2.05) is 24.3 Å². The van der Waals surface area contributed by atoms with Crippen molar-refractivity contribution in [2.24, 2.45) is 0 Å². The number of alkyl carbamates (subject to hydrolysis) is 1. The van der Waals surface area contributed by atoms with E-state index in [1.165, 1.54) is 4.90 Å². The van der Waals surface area contributed by atoms with Gasteiger partial charge in [0.25, 0.3) is 0 Å². The van der Waals surface area contributed by atoms with Gasteiger partial charge in [0.2, 0.25) is 0 Å². The standard InChI is InChI=1S/C24H28N2O5/c1-24(2,3)31-23(29)26-12-20(21(27)13-26)25-22(28)30-14-19-17-10-6-4-8-15(17)16-9-5-7-11-18(16)19/h4-11,19-21,27H,12-14H2,1-3H3,(H,25,28)/t20-,21-/m0/s1. The molecule has 0 unspecified atom stereocenters. The van der Waals surface area contributed by atoms with Crippen LogP contribution in [0, 0.1) is 0 Å². The van der Waals surface area contributed by atoms with Gasteiger partial charge in [-0.1, -0.05) is 48.5 Å². The second-order valence-electron chi connectivity index (χ2n) is 9.03. The zero-order valence-corrected chi connectivity index (χ0v) is 18.0. The Morgan fingerprint density at radius 3 is 2.19 bits per heavy atom. The lowest BCUT2D eigenvalue weighted by atomic mass is 9.98. The Balaban J connectivity index is 1.36. The van der Waals surface area contributed by atoms with Gasteiger partial charge in [0.1, 0.15) is 12.2 Å². The van der Waals surface area contributed by atoms with E-state index in [0.717, 1.165) is 22.3 Å². The van der Waals surface area contributed by atoms with Crippen LogP contribution in [0.25, 0.3) is 11.1 Å². The fourth-order valence-corrected chi connectivity index (χ4v) is 4.20. The predicted molar refractivity (Wildman–Crippen MR) is 116 cm³/mol. The van der Waals surface area contributed by atoms with E-state index in [4.69, 9.17) is 9.47 Å². The Morgan fingerprint density at radius 1 is 1.03 bits per heavy atom. The molecular weight excluding hydrogens is 396 g/mol. The third-order valence-electron chi connectivity index (χ3n) is 5.59. The van der Waals surface area contributed by atoms with Crippen molar-refractivity contribution < 1.29 is 24.2 Å². The molecule has 4 rings (SSSR count). The average molecular weight is 424 g/mol. The summed E-state index contributed by atoms with van der Waals surface area (Å²) >= 11 is 0. The third kappa shape index (κ3) is 4.51. The van der Waals surface area contributed by atoms with Crippen molar-refractivity contribution in [3.05, 3.63) is 59.7 Å². The third-order valence-corrected chi connectivity index (χ3v) is 5.59. The normalized spacial score (nSPS) is 20.2. The van der Waals surface area contributed by atoms with Gasteiger partial charge < -0.3 is 24.8 Å². The summed E-state index contributed by atoms with van der Waals surface area (Å²) in [7, 11) is 0. The van der Waals surface area contributed by atoms with Gasteiger partial charge in [-0.25, -0.2) is 9.59 Å². The van der Waals surface area contributed by atoms with Crippen molar-refractivity contribution in [2.45, 2.75) is 44.4 Å². The maximum Gasteiger partial charge on any atom is 0.410 e. The Labute approximate surface area is 182 Å². The van der Waals surface area contributed by atoms with Gasteiger partial charge in [-0.2, -0.15) is 0 Å². The molecule has 0 radical (unpaired) electrons. The van der Waals surface area contributed by atoms with E-state index < -0.39 is 29.9 Å². The lowest BCUT2D eigenvalue weighted by molar-refractivity contribution is 0.0269. The number of amides is 2. The summed E-state index contributed by atoms with van der Waals surface area (Å²) in [5.41, 5.74) is 3.96. The SMILES string of the molecule is CC(C)(C)OC(=O)N1C[C@H](NC(=O)OCC2c3ccccc3-c3ccccc32)[C@@H](O)C1. The fourth-order valence-electron chi connectivity index (χ4n) is 4.20. The maximum atomic E-state index is 12.5. The molecule has 1 aliphatic carbocycles. The molecule has 164 valence electrons. The molecule has 2 aromatic carbocycles. The summed E-state index contributed by atoms with van der Waals surface area (Å²) < 4.78 is 10.9. The number of aliphatic hydroxyl groups is 1. The average Bonchev–Trinajstić information content (AvgIpc) is 3.23. The second kappa shape index (κ2) is 8.23. The van der Waals surface area contributed by atoms with E-state index in [-0.39, 0.29) is 25.6 Å². The summed E-state index contributed by atoms with van der Waals surface area (Å²) in [6, 6.07) is 15.6. The second-order valence-corrected chi connectivity index (χ2v) is 9.03. The first-order valence-electron chi connectivity index (χ1n) is 10.5. The first-order chi connectivity index (χ1) is 14.7. The van der Waals surface area contributed by atoms with Crippen LogP contribution in [0.2, 0.25) is 0 Å². The van der Waals surface area contributed by atoms with Gasteiger partial charge >= 0.3 is 12.2 Å². The largest absolute Gasteiger partial charge is 0.449 e. The number of hydrogen-bond acceptors (Lipinski definition) is 5. The number of ether oxygens (including phenoxy) is 2. The molecule has 2 aliphatic rings. The number of β-amino-alcohol motifs (C(OH)–C–C–N with tert-alkyl or cyclic N) is 1. The molecule has 2 atom stereocenters. The monoisotopic (exact) mass is 424 g/mol. The van der Waals surface area contributed by atoms with E-state index in [2.05, 4.69) is 29.6 Å². The smallest absolute Gasteiger partial charge is 0.410 e. The minimum atomic E-state index is -0.881. The van der Waals surface area contributed by atoms with Crippen molar-refractivity contribution in [3.63, 3.8) is 0 Å². The molecule has 2 aromatic rings. The van der Waals surface area contributed by atoms with Crippen molar-refractivity contribution >= 4 is 12.2 Å². The van der Waals surface area contributed by atoms with Crippen molar-refractivity contribution in [1.82, 2.24) is 10.2 Å². The zero-order valence-electron chi connectivity index (χ0n) is 18.0. The number of rotatable bonds is 3. The number of nitrogens with zero attached hydrogens (tertiary/aromatic N) is 1. The summed E-state index contributed by atoms with van der Waals surface area (Å²) in [5.74, 6) is -0.0371. The molecular formula is C24H28N2O5. The summed E-state index contributed by atoms with van der Waals surface area (Å²) in [6.07, 6.45) is -2.01. The van der Waals surface area contributed by atoms with Gasteiger partial charge in [0.05, 0.1) is 18.7 Å². The first-order valence-corrected chi connectivity index (χ1v) is 10.5. The van der Waals surface area contributed by atoms with E-state index in [9.17, 15) is 14.7 Å². The number of nitrogens with one attached hydrogen (secondary N) is 1. The Hall–Kier alpha value is -3.06. The van der Waals surface area contributed by atoms with Crippen LogP contribution in [-0.2, 0) is 9.47 Å². The van der Waals surface area contributed by atoms with Gasteiger partial charge in [0, 0.05) is 12.5 Å². The number of aliphatic hydroxyl groups excluding tert-OH is 1. The Bertz CT molecular complexity index is 938. The van der Waals surface area contributed by atoms with Gasteiger partial charge in [-0.05, 0) is 43.0 Å². The molecule has 0 saturated carbocycles. The van der Waals surface area contributed by atoms with Gasteiger partial charge in [-0.15, -0.1) is 0 Å². The molecule has 2 N–H and O–H groups in total. The molecule has 0 aromatic heterocycles. The number of likely N-dealkylation sites (tertiary alicyclic amines) is 1. The molecule has 1 aliphatic heterocycles. The minimum Gasteiger partial charge on any atom is -0.449 e. The topological polar surface area (TPSA) is 88.1 Å². The minimum absolute atomic E-state index is 0.0371. The van der Waals surface area contributed by atoms with E-state index in [1.54, 1.807) is 20.8 Å². The molecule has 7 heteroatoms. The van der Waals surface area contributed by atoms with Crippen LogP contribution in [0.3, 0.4) is 0 Å². The van der Waals surface area contributed by atoms with Crippen molar-refractivity contribution in [1.29, 1.82) is 0 Å².